The number of halogens is 1. The monoisotopic (exact) mass is 294 g/mol. The number of benzene rings is 1. The Balaban J connectivity index is 2.09. The minimum Gasteiger partial charge on any atom is -0.348 e. The maximum atomic E-state index is 11.9. The van der Waals surface area contributed by atoms with Gasteiger partial charge >= 0.3 is 0 Å². The van der Waals surface area contributed by atoms with Gasteiger partial charge in [-0.15, -0.1) is 0 Å². The Morgan fingerprint density at radius 3 is 2.90 bits per heavy atom. The normalized spacial score (nSPS) is 10.3. The van der Waals surface area contributed by atoms with Gasteiger partial charge in [-0.05, 0) is 12.1 Å². The van der Waals surface area contributed by atoms with Crippen LogP contribution in [0, 0.1) is 10.1 Å². The Kier molecular flexibility index (Phi) is 3.99. The van der Waals surface area contributed by atoms with E-state index in [1.54, 1.807) is 24.1 Å². The lowest BCUT2D eigenvalue weighted by Crippen LogP contribution is -2.22. The minimum absolute atomic E-state index is 0.00110. The highest BCUT2D eigenvalue weighted by molar-refractivity contribution is 6.32. The number of carbonyl (C=O) groups is 1. The van der Waals surface area contributed by atoms with E-state index in [9.17, 15) is 14.9 Å². The zero-order chi connectivity index (χ0) is 14.7. The number of nitrogens with one attached hydrogen (secondary N) is 1. The zero-order valence-corrected chi connectivity index (χ0v) is 11.3. The van der Waals surface area contributed by atoms with Crippen molar-refractivity contribution in [2.45, 2.75) is 6.54 Å². The van der Waals surface area contributed by atoms with Gasteiger partial charge in [0.15, 0.2) is 0 Å². The standard InChI is InChI=1S/C12H11ClN4O3/c1-16-7-8(6-15-16)5-14-12(18)9-2-3-10(13)11(4-9)17(19)20/h2-4,6-7H,5H2,1H3,(H,14,18). The third-order valence-corrected chi connectivity index (χ3v) is 2.94. The van der Waals surface area contributed by atoms with Crippen molar-refractivity contribution in [2.24, 2.45) is 7.05 Å². The second-order valence-electron chi connectivity index (χ2n) is 4.13. The van der Waals surface area contributed by atoms with Crippen molar-refractivity contribution in [3.63, 3.8) is 0 Å². The van der Waals surface area contributed by atoms with Gasteiger partial charge in [0.2, 0.25) is 0 Å². The lowest BCUT2D eigenvalue weighted by atomic mass is 10.2. The average molecular weight is 295 g/mol. The number of nitro groups is 1. The van der Waals surface area contributed by atoms with E-state index >= 15 is 0 Å². The Bertz CT molecular complexity index is 668. The first-order chi connectivity index (χ1) is 9.47. The van der Waals surface area contributed by atoms with E-state index in [0.717, 1.165) is 11.6 Å². The van der Waals surface area contributed by atoms with Crippen LogP contribution in [0.1, 0.15) is 15.9 Å². The quantitative estimate of drug-likeness (QED) is 0.689. The molecule has 0 atom stereocenters. The molecule has 104 valence electrons. The summed E-state index contributed by atoms with van der Waals surface area (Å²) in [5, 5.41) is 17.4. The van der Waals surface area contributed by atoms with Crippen LogP contribution >= 0.6 is 11.6 Å². The second kappa shape index (κ2) is 5.70. The highest BCUT2D eigenvalue weighted by atomic mass is 35.5. The molecule has 1 aromatic heterocycles. The van der Waals surface area contributed by atoms with E-state index in [1.807, 2.05) is 0 Å². The van der Waals surface area contributed by atoms with Gasteiger partial charge in [0.1, 0.15) is 5.02 Å². The van der Waals surface area contributed by atoms with Crippen LogP contribution in [0.25, 0.3) is 0 Å². The van der Waals surface area contributed by atoms with E-state index in [1.165, 1.54) is 12.1 Å². The topological polar surface area (TPSA) is 90.1 Å². The van der Waals surface area contributed by atoms with Crippen LogP contribution in [0.5, 0.6) is 0 Å². The maximum absolute atomic E-state index is 11.9. The number of nitrogens with zero attached hydrogens (tertiary/aromatic N) is 3. The molecular formula is C12H11ClN4O3. The fourth-order valence-electron chi connectivity index (χ4n) is 1.64. The Morgan fingerprint density at radius 1 is 1.55 bits per heavy atom. The fraction of sp³-hybridized carbons (Fsp3) is 0.167. The summed E-state index contributed by atoms with van der Waals surface area (Å²) < 4.78 is 1.62. The van der Waals surface area contributed by atoms with Crippen LogP contribution < -0.4 is 5.32 Å². The molecule has 1 aromatic carbocycles. The van der Waals surface area contributed by atoms with Gasteiger partial charge in [-0.3, -0.25) is 19.6 Å². The largest absolute Gasteiger partial charge is 0.348 e. The van der Waals surface area contributed by atoms with E-state index in [4.69, 9.17) is 11.6 Å². The highest BCUT2D eigenvalue weighted by Crippen LogP contribution is 2.24. The smallest absolute Gasteiger partial charge is 0.288 e. The number of aryl methyl sites for hydroxylation is 1. The molecule has 7 nitrogen and oxygen atoms in total. The van der Waals surface area contributed by atoms with Gasteiger partial charge in [-0.25, -0.2) is 0 Å². The molecule has 1 amide bonds. The van der Waals surface area contributed by atoms with Gasteiger partial charge < -0.3 is 5.32 Å². The predicted octanol–water partition coefficient (Wildman–Crippen LogP) is 1.91. The molecular weight excluding hydrogens is 284 g/mol. The Morgan fingerprint density at radius 2 is 2.30 bits per heavy atom. The minimum atomic E-state index is -0.625. The van der Waals surface area contributed by atoms with E-state index < -0.39 is 10.8 Å². The van der Waals surface area contributed by atoms with Crippen molar-refractivity contribution >= 4 is 23.2 Å². The molecule has 0 aliphatic rings. The van der Waals surface area contributed by atoms with Crippen LogP contribution in [0.15, 0.2) is 30.6 Å². The summed E-state index contributed by atoms with van der Waals surface area (Å²) in [6.07, 6.45) is 3.40. The summed E-state index contributed by atoms with van der Waals surface area (Å²) in [5.74, 6) is -0.409. The molecule has 1 heterocycles. The molecule has 0 unspecified atom stereocenters. The number of amides is 1. The lowest BCUT2D eigenvalue weighted by molar-refractivity contribution is -0.384. The first-order valence-electron chi connectivity index (χ1n) is 5.67. The van der Waals surface area contributed by atoms with Crippen molar-refractivity contribution in [2.75, 3.05) is 0 Å². The molecule has 2 rings (SSSR count). The number of nitro benzene ring substituents is 1. The molecule has 20 heavy (non-hydrogen) atoms. The first-order valence-corrected chi connectivity index (χ1v) is 6.05. The van der Waals surface area contributed by atoms with Gasteiger partial charge in [0, 0.05) is 37.0 Å². The molecule has 0 aliphatic carbocycles. The molecule has 0 fully saturated rings. The molecule has 8 heteroatoms. The van der Waals surface area contributed by atoms with Crippen LogP contribution in [0.2, 0.25) is 5.02 Å². The highest BCUT2D eigenvalue weighted by Gasteiger charge is 2.16. The van der Waals surface area contributed by atoms with Crippen molar-refractivity contribution in [3.05, 3.63) is 56.9 Å². The number of rotatable bonds is 4. The van der Waals surface area contributed by atoms with E-state index in [0.29, 0.717) is 6.54 Å². The average Bonchev–Trinajstić information content (AvgIpc) is 2.82. The number of aromatic nitrogens is 2. The SMILES string of the molecule is Cn1cc(CNC(=O)c2ccc(Cl)c([N+](=O)[O-])c2)cn1. The van der Waals surface area contributed by atoms with Gasteiger partial charge in [-0.1, -0.05) is 11.6 Å². The fourth-order valence-corrected chi connectivity index (χ4v) is 1.83. The molecule has 0 spiro atoms. The lowest BCUT2D eigenvalue weighted by Gasteiger charge is -2.04. The van der Waals surface area contributed by atoms with Gasteiger partial charge in [0.05, 0.1) is 11.1 Å². The van der Waals surface area contributed by atoms with E-state index in [2.05, 4.69) is 10.4 Å². The number of hydrogen-bond acceptors (Lipinski definition) is 4. The molecule has 2 aromatic rings. The molecule has 1 N–H and O–H groups in total. The molecule has 0 bridgehead atoms. The molecule has 0 saturated carbocycles. The van der Waals surface area contributed by atoms with Crippen LogP contribution in [0.3, 0.4) is 0 Å². The summed E-state index contributed by atoms with van der Waals surface area (Å²) in [4.78, 5) is 22.0. The molecule has 0 saturated heterocycles. The third kappa shape index (κ3) is 3.12. The van der Waals surface area contributed by atoms with Crippen molar-refractivity contribution < 1.29 is 9.72 Å². The van der Waals surface area contributed by atoms with Crippen molar-refractivity contribution in [1.29, 1.82) is 0 Å². The number of carbonyl (C=O) groups excluding carboxylic acids is 1. The first kappa shape index (κ1) is 14.0. The summed E-state index contributed by atoms with van der Waals surface area (Å²) in [5.41, 5.74) is 0.731. The Labute approximate surface area is 119 Å². The summed E-state index contributed by atoms with van der Waals surface area (Å²) >= 11 is 5.69. The van der Waals surface area contributed by atoms with E-state index in [-0.39, 0.29) is 16.3 Å². The second-order valence-corrected chi connectivity index (χ2v) is 4.54. The van der Waals surface area contributed by atoms with Crippen LogP contribution in [-0.2, 0) is 13.6 Å². The predicted molar refractivity (Wildman–Crippen MR) is 72.5 cm³/mol. The maximum Gasteiger partial charge on any atom is 0.288 e. The van der Waals surface area contributed by atoms with Gasteiger partial charge in [-0.2, -0.15) is 5.10 Å². The van der Waals surface area contributed by atoms with Crippen molar-refractivity contribution in [3.8, 4) is 0 Å². The third-order valence-electron chi connectivity index (χ3n) is 2.62. The molecule has 0 aliphatic heterocycles. The summed E-state index contributed by atoms with van der Waals surface area (Å²) in [6, 6.07) is 3.92. The molecule has 0 radical (unpaired) electrons. The van der Waals surface area contributed by atoms with Crippen LogP contribution in [0.4, 0.5) is 5.69 Å². The number of hydrogen-bond donors (Lipinski definition) is 1. The van der Waals surface area contributed by atoms with Crippen molar-refractivity contribution in [1.82, 2.24) is 15.1 Å². The summed E-state index contributed by atoms with van der Waals surface area (Å²) in [7, 11) is 1.77. The summed E-state index contributed by atoms with van der Waals surface area (Å²) in [6.45, 7) is 0.295. The zero-order valence-electron chi connectivity index (χ0n) is 10.5. The Hall–Kier alpha value is -2.41. The van der Waals surface area contributed by atoms with Gasteiger partial charge in [0.25, 0.3) is 11.6 Å². The van der Waals surface area contributed by atoms with Crippen LogP contribution in [-0.4, -0.2) is 20.6 Å².